The second-order valence-electron chi connectivity index (χ2n) is 8.18. The molecule has 1 unspecified atom stereocenters. The molecule has 3 heterocycles. The molecule has 1 aliphatic heterocycles. The second kappa shape index (κ2) is 11.0. The summed E-state index contributed by atoms with van der Waals surface area (Å²) in [6, 6.07) is 11.2. The quantitative estimate of drug-likeness (QED) is 0.128. The van der Waals surface area contributed by atoms with E-state index in [0.717, 1.165) is 16.9 Å². The summed E-state index contributed by atoms with van der Waals surface area (Å²) in [7, 11) is 0. The molecule has 13 heteroatoms. The summed E-state index contributed by atoms with van der Waals surface area (Å²) in [5.41, 5.74) is 1.59. The van der Waals surface area contributed by atoms with Crippen molar-refractivity contribution >= 4 is 86.1 Å². The van der Waals surface area contributed by atoms with Crippen LogP contribution in [-0.4, -0.2) is 32.0 Å². The fourth-order valence-corrected chi connectivity index (χ4v) is 7.69. The van der Waals surface area contributed by atoms with Crippen LogP contribution in [0, 0.1) is 13.8 Å². The number of aromatic nitrogens is 3. The maximum atomic E-state index is 13.8. The predicted octanol–water partition coefficient (Wildman–Crippen LogP) is 7.65. The number of Topliss-reactive ketones (excluding diaryl/α,β-unsaturated/α-hetero) is 1. The SMILES string of the molecule is Cc1nc(C)c(C(=O)C2=C(O)C(=O)N(c3nnc(SCc4ccccc4Cl)s3)C2c2c(Cl)cccc2Cl)s1. The minimum Gasteiger partial charge on any atom is -0.503 e. The van der Waals surface area contributed by atoms with Gasteiger partial charge < -0.3 is 5.11 Å². The Balaban J connectivity index is 1.56. The van der Waals surface area contributed by atoms with Crippen LogP contribution in [0.5, 0.6) is 0 Å². The van der Waals surface area contributed by atoms with Gasteiger partial charge in [-0.2, -0.15) is 0 Å². The molecule has 5 rings (SSSR count). The van der Waals surface area contributed by atoms with Crippen molar-refractivity contribution < 1.29 is 14.7 Å². The zero-order valence-corrected chi connectivity index (χ0v) is 24.5. The normalized spacial score (nSPS) is 15.6. The second-order valence-corrected chi connectivity index (χ2v) is 12.8. The van der Waals surface area contributed by atoms with Gasteiger partial charge in [-0.3, -0.25) is 14.5 Å². The van der Waals surface area contributed by atoms with E-state index in [0.29, 0.717) is 36.3 Å². The van der Waals surface area contributed by atoms with E-state index < -0.39 is 23.5 Å². The van der Waals surface area contributed by atoms with Crippen molar-refractivity contribution in [3.8, 4) is 0 Å². The number of thiazole rings is 1. The first kappa shape index (κ1) is 27.1. The fraction of sp³-hybridized carbons (Fsp3) is 0.160. The Hall–Kier alpha value is -2.47. The van der Waals surface area contributed by atoms with Crippen LogP contribution in [-0.2, 0) is 10.5 Å². The minimum absolute atomic E-state index is 0.141. The molecule has 1 N–H and O–H groups in total. The standard InChI is InChI=1S/C25H17Cl3N4O3S3/c1-11-22(37-12(2)29-11)20(33)18-19(17-15(27)8-5-9-16(17)28)32(23(35)21(18)34)24-30-31-25(38-24)36-10-13-6-3-4-7-14(13)26/h3-9,19,34H,10H2,1-2H3. The maximum absolute atomic E-state index is 13.8. The van der Waals surface area contributed by atoms with E-state index in [1.165, 1.54) is 28.0 Å². The number of anilines is 1. The third-order valence-corrected chi connectivity index (χ3v) is 9.95. The molecule has 1 amide bonds. The number of nitrogens with zero attached hydrogens (tertiary/aromatic N) is 4. The first-order chi connectivity index (χ1) is 18.2. The van der Waals surface area contributed by atoms with Crippen molar-refractivity contribution in [2.75, 3.05) is 4.90 Å². The summed E-state index contributed by atoms with van der Waals surface area (Å²) < 4.78 is 0.574. The van der Waals surface area contributed by atoms with E-state index in [9.17, 15) is 14.7 Å². The molecular formula is C25H17Cl3N4O3S3. The van der Waals surface area contributed by atoms with Gasteiger partial charge in [0.1, 0.15) is 6.04 Å². The van der Waals surface area contributed by atoms with Crippen molar-refractivity contribution in [1.29, 1.82) is 0 Å². The lowest BCUT2D eigenvalue weighted by Gasteiger charge is -2.25. The van der Waals surface area contributed by atoms with Crippen molar-refractivity contribution in [2.24, 2.45) is 0 Å². The molecule has 0 radical (unpaired) electrons. The number of amides is 1. The van der Waals surface area contributed by atoms with E-state index in [4.69, 9.17) is 34.8 Å². The Morgan fingerprint density at radius 1 is 1.03 bits per heavy atom. The number of carbonyl (C=O) groups is 2. The van der Waals surface area contributed by atoms with Gasteiger partial charge in [0.25, 0.3) is 5.91 Å². The Bertz CT molecular complexity index is 1600. The lowest BCUT2D eigenvalue weighted by molar-refractivity contribution is -0.117. The molecule has 1 aliphatic rings. The van der Waals surface area contributed by atoms with Gasteiger partial charge in [-0.1, -0.05) is 82.2 Å². The molecule has 0 saturated heterocycles. The molecule has 0 aliphatic carbocycles. The third-order valence-electron chi connectivity index (χ3n) is 5.75. The summed E-state index contributed by atoms with van der Waals surface area (Å²) in [6.07, 6.45) is 0. The van der Waals surface area contributed by atoms with E-state index in [1.807, 2.05) is 24.3 Å². The van der Waals surface area contributed by atoms with Crippen molar-refractivity contribution in [2.45, 2.75) is 30.0 Å². The van der Waals surface area contributed by atoms with E-state index >= 15 is 0 Å². The highest BCUT2D eigenvalue weighted by atomic mass is 35.5. The van der Waals surface area contributed by atoms with Crippen LogP contribution in [0.1, 0.15) is 37.5 Å². The molecule has 0 fully saturated rings. The van der Waals surface area contributed by atoms with Crippen LogP contribution >= 0.6 is 69.2 Å². The number of aliphatic hydroxyl groups is 1. The first-order valence-corrected chi connectivity index (χ1v) is 14.8. The van der Waals surface area contributed by atoms with Gasteiger partial charge in [0.15, 0.2) is 10.1 Å². The van der Waals surface area contributed by atoms with Crippen molar-refractivity contribution in [1.82, 2.24) is 15.2 Å². The number of thioether (sulfide) groups is 1. The lowest BCUT2D eigenvalue weighted by Crippen LogP contribution is -2.31. The zero-order valence-electron chi connectivity index (χ0n) is 19.7. The number of aryl methyl sites for hydroxylation is 2. The summed E-state index contributed by atoms with van der Waals surface area (Å²) in [6.45, 7) is 3.48. The lowest BCUT2D eigenvalue weighted by atomic mass is 9.95. The van der Waals surface area contributed by atoms with Crippen LogP contribution in [0.2, 0.25) is 15.1 Å². The number of rotatable bonds is 7. The smallest absolute Gasteiger partial charge is 0.296 e. The van der Waals surface area contributed by atoms with Crippen LogP contribution in [0.4, 0.5) is 5.13 Å². The molecule has 0 spiro atoms. The topological polar surface area (TPSA) is 96.3 Å². The van der Waals surface area contributed by atoms with Crippen LogP contribution in [0.25, 0.3) is 0 Å². The van der Waals surface area contributed by atoms with E-state index in [1.54, 1.807) is 32.0 Å². The number of ketones is 1. The molecule has 4 aromatic rings. The largest absolute Gasteiger partial charge is 0.503 e. The Morgan fingerprint density at radius 3 is 2.37 bits per heavy atom. The van der Waals surface area contributed by atoms with Gasteiger partial charge in [0.05, 0.1) is 21.2 Å². The minimum atomic E-state index is -1.12. The van der Waals surface area contributed by atoms with Crippen LogP contribution in [0.15, 0.2) is 58.1 Å². The molecule has 7 nitrogen and oxygen atoms in total. The van der Waals surface area contributed by atoms with Crippen molar-refractivity contribution in [3.63, 3.8) is 0 Å². The number of hydrogen-bond donors (Lipinski definition) is 1. The van der Waals surface area contributed by atoms with E-state index in [-0.39, 0.29) is 20.7 Å². The van der Waals surface area contributed by atoms with Gasteiger partial charge >= 0.3 is 0 Å². The van der Waals surface area contributed by atoms with Crippen molar-refractivity contribution in [3.05, 3.63) is 95.6 Å². The van der Waals surface area contributed by atoms with Crippen LogP contribution < -0.4 is 4.90 Å². The predicted molar refractivity (Wildman–Crippen MR) is 153 cm³/mol. The van der Waals surface area contributed by atoms with E-state index in [2.05, 4.69) is 15.2 Å². The van der Waals surface area contributed by atoms with Crippen LogP contribution in [0.3, 0.4) is 0 Å². The number of carbonyl (C=O) groups excluding carboxylic acids is 2. The third kappa shape index (κ3) is 4.97. The average Bonchev–Trinajstić information content (AvgIpc) is 3.54. The highest BCUT2D eigenvalue weighted by molar-refractivity contribution is 8.00. The highest BCUT2D eigenvalue weighted by Crippen LogP contribution is 2.48. The number of hydrogen-bond acceptors (Lipinski definition) is 9. The fourth-order valence-electron chi connectivity index (χ4n) is 4.06. The molecule has 0 bridgehead atoms. The van der Waals surface area contributed by atoms with Gasteiger partial charge in [-0.25, -0.2) is 4.98 Å². The molecular weight excluding hydrogens is 607 g/mol. The number of aliphatic hydroxyl groups excluding tert-OH is 1. The average molecular weight is 624 g/mol. The molecule has 38 heavy (non-hydrogen) atoms. The Kier molecular flexibility index (Phi) is 7.82. The van der Waals surface area contributed by atoms with Gasteiger partial charge in [-0.05, 0) is 37.6 Å². The summed E-state index contributed by atoms with van der Waals surface area (Å²) in [4.78, 5) is 33.1. The molecule has 2 aromatic heterocycles. The van der Waals surface area contributed by atoms with Gasteiger partial charge in [0.2, 0.25) is 10.9 Å². The van der Waals surface area contributed by atoms with Gasteiger partial charge in [0, 0.05) is 26.4 Å². The Morgan fingerprint density at radius 2 is 1.71 bits per heavy atom. The number of benzene rings is 2. The summed E-state index contributed by atoms with van der Waals surface area (Å²) in [5, 5.41) is 21.4. The highest BCUT2D eigenvalue weighted by Gasteiger charge is 2.48. The summed E-state index contributed by atoms with van der Waals surface area (Å²) >= 11 is 23.1. The molecule has 1 atom stereocenters. The molecule has 194 valence electrons. The molecule has 0 saturated carbocycles. The van der Waals surface area contributed by atoms with Gasteiger partial charge in [-0.15, -0.1) is 21.5 Å². The molecule has 2 aromatic carbocycles. The maximum Gasteiger partial charge on any atom is 0.296 e. The monoisotopic (exact) mass is 622 g/mol. The Labute approximate surface area is 245 Å². The zero-order chi connectivity index (χ0) is 27.1. The first-order valence-electron chi connectivity index (χ1n) is 11.1. The summed E-state index contributed by atoms with van der Waals surface area (Å²) in [5.74, 6) is -1.48. The number of halogens is 3.